The average molecular weight is 1030 g/mol. The normalized spacial score (nSPS) is 13.7. The van der Waals surface area contributed by atoms with E-state index in [0.717, 1.165) is 151 Å². The molecule has 0 spiro atoms. The molecule has 4 aromatic carbocycles. The van der Waals surface area contributed by atoms with Gasteiger partial charge in [-0.05, 0) is 139 Å². The van der Waals surface area contributed by atoms with E-state index in [-0.39, 0.29) is 12.3 Å². The first-order valence-electron chi connectivity index (χ1n) is 26.7. The zero-order chi connectivity index (χ0) is 53.8. The first-order chi connectivity index (χ1) is 37.3. The van der Waals surface area contributed by atoms with Gasteiger partial charge in [-0.15, -0.1) is 0 Å². The maximum Gasteiger partial charge on any atom is 0.410 e. The molecule has 1 saturated heterocycles. The van der Waals surface area contributed by atoms with E-state index in [1.807, 2.05) is 107 Å². The molecule has 394 valence electrons. The van der Waals surface area contributed by atoms with Crippen LogP contribution >= 0.6 is 0 Å². The minimum atomic E-state index is -0.561. The highest BCUT2D eigenvalue weighted by molar-refractivity contribution is 5.96. The van der Waals surface area contributed by atoms with Crippen molar-refractivity contribution in [2.75, 3.05) is 19.7 Å². The molecule has 1 fully saturated rings. The number of H-pyrrole nitrogens is 3. The molecule has 0 bridgehead atoms. The molecule has 1 amide bonds. The molecule has 77 heavy (non-hydrogen) atoms. The fourth-order valence-corrected chi connectivity index (χ4v) is 10.0. The molecule has 1 unspecified atom stereocenters. The molecule has 15 nitrogen and oxygen atoms in total. The van der Waals surface area contributed by atoms with E-state index in [9.17, 15) is 4.79 Å². The highest BCUT2D eigenvalue weighted by Crippen LogP contribution is 2.38. The average Bonchev–Trinajstić information content (AvgIpc) is 4.27. The van der Waals surface area contributed by atoms with Gasteiger partial charge in [-0.25, -0.2) is 19.4 Å². The highest BCUT2D eigenvalue weighted by atomic mass is 16.6. The van der Waals surface area contributed by atoms with Gasteiger partial charge in [0, 0.05) is 88.9 Å². The number of nitrogens with one attached hydrogen (secondary N) is 4. The molecular weight excluding hydrogens is 961 g/mol. The first kappa shape index (κ1) is 52.2. The Morgan fingerprint density at radius 2 is 1.31 bits per heavy atom. The van der Waals surface area contributed by atoms with Crippen LogP contribution in [-0.2, 0) is 22.6 Å². The Labute approximate surface area is 449 Å². The van der Waals surface area contributed by atoms with Crippen molar-refractivity contribution in [3.63, 3.8) is 0 Å². The number of carbonyl (C=O) groups excluding carboxylic acids is 1. The lowest BCUT2D eigenvalue weighted by atomic mass is 9.97. The fraction of sp³-hybridized carbons (Fsp3) is 0.306. The highest BCUT2D eigenvalue weighted by Gasteiger charge is 2.26. The second-order valence-corrected chi connectivity index (χ2v) is 20.7. The van der Waals surface area contributed by atoms with E-state index >= 15 is 0 Å². The second kappa shape index (κ2) is 22.5. The van der Waals surface area contributed by atoms with Gasteiger partial charge in [0.15, 0.2) is 17.9 Å². The molecule has 15 heteroatoms. The molecule has 0 saturated carbocycles. The van der Waals surface area contributed by atoms with E-state index in [2.05, 4.69) is 117 Å². The van der Waals surface area contributed by atoms with Crippen molar-refractivity contribution in [3.8, 4) is 67.8 Å². The summed E-state index contributed by atoms with van der Waals surface area (Å²) >= 11 is 0. The Bertz CT molecular complexity index is 3670. The number of pyridine rings is 2. The summed E-state index contributed by atoms with van der Waals surface area (Å²) in [6, 6.07) is 33.2. The standard InChI is InChI=1S/C36H42N6O3.C26H26N6/c1-7-41(35(43)45-36(4,5)6)22-27-20-37-21-29(23(27)2)26-16-17-30-28(19-26)33(40-42(30)31-15-11-12-18-44-31)34-38-24(3)32(39-34)25-13-9-8-10-14-25;1-4-27-13-20-14-28-15-22(16(20)2)19-10-11-23-21(12-19)25(32-31-23)26-29-17(3)24(30-26)18-8-6-5-7-9-18/h8-10,13-14,16-17,19-21,31H,7,11-12,15,18,22H2,1-6H3,(H,38,39);5-12,14-15,27H,4,13H2,1-3H3,(H,29,30)(H,31,32). The Morgan fingerprint density at radius 3 is 1.91 bits per heavy atom. The van der Waals surface area contributed by atoms with Crippen LogP contribution in [-0.4, -0.2) is 86.2 Å². The number of ether oxygens (including phenoxy) is 2. The monoisotopic (exact) mass is 1030 g/mol. The van der Waals surface area contributed by atoms with Crippen LogP contribution in [0.1, 0.15) is 93.8 Å². The Hall–Kier alpha value is -8.27. The number of aromatic nitrogens is 10. The molecule has 7 heterocycles. The Kier molecular flexibility index (Phi) is 15.3. The number of hydrogen-bond acceptors (Lipinski definition) is 10. The number of aromatic amines is 3. The van der Waals surface area contributed by atoms with Crippen molar-refractivity contribution in [3.05, 3.63) is 155 Å². The van der Waals surface area contributed by atoms with Crippen molar-refractivity contribution in [2.24, 2.45) is 0 Å². The summed E-state index contributed by atoms with van der Waals surface area (Å²) in [5.74, 6) is 1.49. The van der Waals surface area contributed by atoms with Gasteiger partial charge in [0.25, 0.3) is 0 Å². The van der Waals surface area contributed by atoms with Crippen LogP contribution in [0.4, 0.5) is 4.79 Å². The Morgan fingerprint density at radius 1 is 0.714 bits per heavy atom. The van der Waals surface area contributed by atoms with Crippen molar-refractivity contribution >= 4 is 27.9 Å². The largest absolute Gasteiger partial charge is 0.444 e. The van der Waals surface area contributed by atoms with Crippen LogP contribution in [0.3, 0.4) is 0 Å². The lowest BCUT2D eigenvalue weighted by Crippen LogP contribution is -2.36. The summed E-state index contributed by atoms with van der Waals surface area (Å²) in [4.78, 5) is 40.5. The second-order valence-electron chi connectivity index (χ2n) is 20.7. The topological polar surface area (TPSA) is 180 Å². The summed E-state index contributed by atoms with van der Waals surface area (Å²) in [5, 5.41) is 18.3. The van der Waals surface area contributed by atoms with Crippen molar-refractivity contribution < 1.29 is 14.3 Å². The van der Waals surface area contributed by atoms with Crippen LogP contribution in [0.15, 0.2) is 122 Å². The number of hydrogen-bond donors (Lipinski definition) is 4. The molecule has 1 aliphatic heterocycles. The Balaban J connectivity index is 0.000000185. The minimum Gasteiger partial charge on any atom is -0.444 e. The van der Waals surface area contributed by atoms with Gasteiger partial charge >= 0.3 is 6.09 Å². The number of aryl methyl sites for hydroxylation is 2. The third kappa shape index (κ3) is 11.2. The minimum absolute atomic E-state index is 0.120. The number of fused-ring (bicyclic) bond motifs is 2. The maximum absolute atomic E-state index is 12.9. The van der Waals surface area contributed by atoms with Gasteiger partial charge in [0.05, 0.1) is 29.0 Å². The van der Waals surface area contributed by atoms with Gasteiger partial charge in [-0.1, -0.05) is 79.7 Å². The maximum atomic E-state index is 12.9. The van der Waals surface area contributed by atoms with E-state index in [1.165, 1.54) is 11.1 Å². The summed E-state index contributed by atoms with van der Waals surface area (Å²) in [5.41, 5.74) is 17.8. The molecule has 1 aliphatic rings. The molecule has 1 atom stereocenters. The number of amides is 1. The van der Waals surface area contributed by atoms with E-state index in [4.69, 9.17) is 24.5 Å². The van der Waals surface area contributed by atoms with Gasteiger partial charge < -0.3 is 29.7 Å². The lowest BCUT2D eigenvalue weighted by Gasteiger charge is -2.27. The van der Waals surface area contributed by atoms with E-state index in [1.54, 1.807) is 4.90 Å². The molecule has 0 aliphatic carbocycles. The smallest absolute Gasteiger partial charge is 0.410 e. The van der Waals surface area contributed by atoms with Gasteiger partial charge in [-0.3, -0.25) is 15.1 Å². The fourth-order valence-electron chi connectivity index (χ4n) is 10.0. The molecule has 10 aromatic rings. The zero-order valence-electron chi connectivity index (χ0n) is 45.6. The van der Waals surface area contributed by atoms with Gasteiger partial charge in [0.2, 0.25) is 0 Å². The summed E-state index contributed by atoms with van der Waals surface area (Å²) in [6.45, 7) is 21.5. The van der Waals surface area contributed by atoms with Gasteiger partial charge in [0.1, 0.15) is 17.0 Å². The summed E-state index contributed by atoms with van der Waals surface area (Å²) in [6.07, 6.45) is 10.3. The number of nitrogens with zero attached hydrogens (tertiary/aromatic N) is 8. The molecule has 0 radical (unpaired) electrons. The number of imidazole rings is 2. The third-order valence-corrected chi connectivity index (χ3v) is 14.2. The van der Waals surface area contributed by atoms with Crippen LogP contribution in [0.25, 0.3) is 89.6 Å². The number of rotatable bonds is 13. The van der Waals surface area contributed by atoms with Crippen molar-refractivity contribution in [1.29, 1.82) is 0 Å². The van der Waals surface area contributed by atoms with Gasteiger partial charge in [-0.2, -0.15) is 10.2 Å². The SMILES string of the molecule is CCN(Cc1cncc(-c2ccc3c(c2)c(-c2nc(-c4ccccc4)c(C)[nH]2)nn3C2CCCCO2)c1C)C(=O)OC(C)(C)C.CCNCc1cncc(-c2ccc3[nH]nc(-c4nc(-c5ccccc5)c(C)[nH]4)c3c2)c1C. The van der Waals surface area contributed by atoms with Crippen LogP contribution in [0.2, 0.25) is 0 Å². The van der Waals surface area contributed by atoms with E-state index in [0.29, 0.717) is 13.1 Å². The number of carbonyl (C=O) groups is 1. The van der Waals surface area contributed by atoms with Crippen molar-refractivity contribution in [1.82, 2.24) is 60.1 Å². The molecular formula is C62H68N12O3. The predicted octanol–water partition coefficient (Wildman–Crippen LogP) is 13.6. The molecule has 11 rings (SSSR count). The van der Waals surface area contributed by atoms with Crippen LogP contribution in [0, 0.1) is 27.7 Å². The third-order valence-electron chi connectivity index (χ3n) is 14.2. The lowest BCUT2D eigenvalue weighted by molar-refractivity contribution is -0.0365. The first-order valence-corrected chi connectivity index (χ1v) is 26.7. The predicted molar refractivity (Wildman–Crippen MR) is 306 cm³/mol. The summed E-state index contributed by atoms with van der Waals surface area (Å²) in [7, 11) is 0. The van der Waals surface area contributed by atoms with Crippen molar-refractivity contribution in [2.45, 2.75) is 106 Å². The quantitative estimate of drug-likeness (QED) is 0.0868. The van der Waals surface area contributed by atoms with Crippen LogP contribution < -0.4 is 5.32 Å². The summed E-state index contributed by atoms with van der Waals surface area (Å²) < 4.78 is 13.9. The molecule has 6 aromatic heterocycles. The zero-order valence-corrected chi connectivity index (χ0v) is 45.6. The number of benzene rings is 4. The molecule has 4 N–H and O–H groups in total. The van der Waals surface area contributed by atoms with Crippen LogP contribution in [0.5, 0.6) is 0 Å². The van der Waals surface area contributed by atoms with E-state index < -0.39 is 5.60 Å².